The minimum absolute atomic E-state index is 0.0731. The average molecular weight is 279 g/mol. The van der Waals surface area contributed by atoms with Crippen LogP contribution in [0.15, 0.2) is 18.2 Å². The third kappa shape index (κ3) is 3.64. The lowest BCUT2D eigenvalue weighted by Crippen LogP contribution is -2.44. The summed E-state index contributed by atoms with van der Waals surface area (Å²) in [6.07, 6.45) is 1.97. The quantitative estimate of drug-likeness (QED) is 0.889. The Labute approximate surface area is 121 Å². The fourth-order valence-electron chi connectivity index (χ4n) is 2.82. The van der Waals surface area contributed by atoms with Crippen molar-refractivity contribution in [2.45, 2.75) is 51.3 Å². The van der Waals surface area contributed by atoms with Crippen LogP contribution in [0.5, 0.6) is 11.5 Å². The van der Waals surface area contributed by atoms with Gasteiger partial charge in [0, 0.05) is 24.3 Å². The van der Waals surface area contributed by atoms with Gasteiger partial charge in [0.25, 0.3) is 0 Å². The number of nitrogens with one attached hydrogen (secondary N) is 1. The van der Waals surface area contributed by atoms with E-state index in [0.29, 0.717) is 11.8 Å². The third-order valence-corrected chi connectivity index (χ3v) is 3.88. The molecule has 1 aliphatic rings. The highest BCUT2D eigenvalue weighted by Crippen LogP contribution is 2.30. The van der Waals surface area contributed by atoms with Crippen molar-refractivity contribution in [3.8, 4) is 11.5 Å². The number of phenols is 1. The number of hydrogen-bond acceptors (Lipinski definition) is 4. The Morgan fingerprint density at radius 3 is 2.85 bits per heavy atom. The molecule has 4 nitrogen and oxygen atoms in total. The van der Waals surface area contributed by atoms with Crippen LogP contribution in [0.25, 0.3) is 0 Å². The molecule has 1 aromatic carbocycles. The van der Waals surface area contributed by atoms with Crippen molar-refractivity contribution >= 4 is 0 Å². The summed E-state index contributed by atoms with van der Waals surface area (Å²) in [6.45, 7) is 7.08. The summed E-state index contributed by atoms with van der Waals surface area (Å²) in [4.78, 5) is 0. The molecule has 0 amide bonds. The van der Waals surface area contributed by atoms with E-state index in [4.69, 9.17) is 9.47 Å². The number of aromatic hydroxyl groups is 1. The predicted octanol–water partition coefficient (Wildman–Crippen LogP) is 3.01. The van der Waals surface area contributed by atoms with E-state index in [-0.39, 0.29) is 11.6 Å². The van der Waals surface area contributed by atoms with Crippen molar-refractivity contribution in [3.05, 3.63) is 23.8 Å². The van der Waals surface area contributed by atoms with Gasteiger partial charge in [-0.15, -0.1) is 0 Å². The molecule has 1 heterocycles. The molecule has 0 aromatic heterocycles. The van der Waals surface area contributed by atoms with Crippen LogP contribution in [-0.4, -0.2) is 30.5 Å². The molecule has 0 spiro atoms. The zero-order valence-corrected chi connectivity index (χ0v) is 12.8. The van der Waals surface area contributed by atoms with Crippen LogP contribution in [0.1, 0.15) is 45.2 Å². The molecule has 2 rings (SSSR count). The Kier molecular flexibility index (Phi) is 4.55. The van der Waals surface area contributed by atoms with Crippen LogP contribution in [0.3, 0.4) is 0 Å². The summed E-state index contributed by atoms with van der Waals surface area (Å²) >= 11 is 0. The zero-order valence-electron chi connectivity index (χ0n) is 12.8. The van der Waals surface area contributed by atoms with Gasteiger partial charge in [0.2, 0.25) is 0 Å². The first-order valence-corrected chi connectivity index (χ1v) is 7.18. The second kappa shape index (κ2) is 6.02. The van der Waals surface area contributed by atoms with Crippen LogP contribution in [0.4, 0.5) is 0 Å². The Balaban J connectivity index is 2.06. The van der Waals surface area contributed by atoms with Gasteiger partial charge in [0.15, 0.2) is 0 Å². The molecule has 0 bridgehead atoms. The smallest absolute Gasteiger partial charge is 0.120 e. The van der Waals surface area contributed by atoms with Crippen LogP contribution >= 0.6 is 0 Å². The molecule has 112 valence electrons. The monoisotopic (exact) mass is 279 g/mol. The first-order chi connectivity index (χ1) is 9.41. The lowest BCUT2D eigenvalue weighted by atomic mass is 9.93. The minimum atomic E-state index is -0.0773. The predicted molar refractivity (Wildman–Crippen MR) is 79.3 cm³/mol. The van der Waals surface area contributed by atoms with E-state index in [9.17, 15) is 5.11 Å². The van der Waals surface area contributed by atoms with Gasteiger partial charge in [-0.2, -0.15) is 0 Å². The van der Waals surface area contributed by atoms with E-state index in [2.05, 4.69) is 26.1 Å². The van der Waals surface area contributed by atoms with Gasteiger partial charge in [-0.1, -0.05) is 0 Å². The number of benzene rings is 1. The largest absolute Gasteiger partial charge is 0.508 e. The van der Waals surface area contributed by atoms with E-state index in [1.54, 1.807) is 19.2 Å². The number of rotatable bonds is 4. The Morgan fingerprint density at radius 2 is 2.20 bits per heavy atom. The van der Waals surface area contributed by atoms with Crippen LogP contribution in [0.2, 0.25) is 0 Å². The first kappa shape index (κ1) is 15.1. The Hall–Kier alpha value is -1.26. The highest BCUT2D eigenvalue weighted by Gasteiger charge is 2.29. The summed E-state index contributed by atoms with van der Waals surface area (Å²) in [7, 11) is 1.63. The molecule has 4 heteroatoms. The minimum Gasteiger partial charge on any atom is -0.508 e. The van der Waals surface area contributed by atoms with E-state index in [0.717, 1.165) is 30.8 Å². The van der Waals surface area contributed by atoms with Crippen molar-refractivity contribution < 1.29 is 14.6 Å². The molecule has 0 aliphatic carbocycles. The van der Waals surface area contributed by atoms with Crippen LogP contribution < -0.4 is 10.1 Å². The maximum atomic E-state index is 10.0. The zero-order chi connectivity index (χ0) is 14.8. The van der Waals surface area contributed by atoms with E-state index in [1.807, 2.05) is 6.07 Å². The molecule has 2 N–H and O–H groups in total. The van der Waals surface area contributed by atoms with Gasteiger partial charge in [0.05, 0.1) is 12.7 Å². The van der Waals surface area contributed by atoms with Crippen molar-refractivity contribution in [1.29, 1.82) is 0 Å². The summed E-state index contributed by atoms with van der Waals surface area (Å²) in [6, 6.07) is 5.81. The second-order valence-corrected chi connectivity index (χ2v) is 6.11. The number of hydrogen-bond donors (Lipinski definition) is 2. The topological polar surface area (TPSA) is 50.7 Å². The second-order valence-electron chi connectivity index (χ2n) is 6.11. The summed E-state index contributed by atoms with van der Waals surface area (Å²) in [5.74, 6) is 1.07. The number of phenolic OH excluding ortho intramolecular Hbond substituents is 1. The Morgan fingerprint density at radius 1 is 1.45 bits per heavy atom. The van der Waals surface area contributed by atoms with Gasteiger partial charge in [-0.05, 0) is 51.8 Å². The average Bonchev–Trinajstić information content (AvgIpc) is 2.38. The van der Waals surface area contributed by atoms with E-state index in [1.165, 1.54) is 0 Å². The molecule has 0 saturated carbocycles. The molecule has 2 unspecified atom stereocenters. The maximum Gasteiger partial charge on any atom is 0.120 e. The first-order valence-electron chi connectivity index (χ1n) is 7.18. The number of ether oxygens (including phenoxy) is 2. The molecule has 1 aliphatic heterocycles. The van der Waals surface area contributed by atoms with Gasteiger partial charge in [0.1, 0.15) is 11.5 Å². The number of methoxy groups -OCH3 is 1. The van der Waals surface area contributed by atoms with E-state index < -0.39 is 0 Å². The van der Waals surface area contributed by atoms with Crippen molar-refractivity contribution in [2.75, 3.05) is 13.7 Å². The molecule has 2 atom stereocenters. The molecule has 1 aromatic rings. The maximum absolute atomic E-state index is 10.0. The highest BCUT2D eigenvalue weighted by molar-refractivity contribution is 5.41. The molecule has 0 radical (unpaired) electrons. The summed E-state index contributed by atoms with van der Waals surface area (Å²) in [5, 5.41) is 13.6. The highest BCUT2D eigenvalue weighted by atomic mass is 16.5. The Bertz CT molecular complexity index is 459. The van der Waals surface area contributed by atoms with Crippen LogP contribution in [-0.2, 0) is 4.74 Å². The molecule has 1 fully saturated rings. The molecule has 1 saturated heterocycles. The molecule has 20 heavy (non-hydrogen) atoms. The lowest BCUT2D eigenvalue weighted by Gasteiger charge is -2.37. The lowest BCUT2D eigenvalue weighted by molar-refractivity contribution is -0.0640. The fraction of sp³-hybridized carbons (Fsp3) is 0.625. The van der Waals surface area contributed by atoms with Gasteiger partial charge in [-0.25, -0.2) is 0 Å². The molecular weight excluding hydrogens is 254 g/mol. The van der Waals surface area contributed by atoms with Crippen LogP contribution in [0, 0.1) is 0 Å². The van der Waals surface area contributed by atoms with Crippen molar-refractivity contribution in [2.24, 2.45) is 0 Å². The van der Waals surface area contributed by atoms with Gasteiger partial charge < -0.3 is 19.9 Å². The standard InChI is InChI=1S/C16H25NO3/c1-11(14-9-13(19-4)5-6-15(14)18)17-12-7-8-20-16(2,3)10-12/h5-6,9,11-12,17-18H,7-8,10H2,1-4H3. The molecular formula is C16H25NO3. The van der Waals surface area contributed by atoms with E-state index >= 15 is 0 Å². The summed E-state index contributed by atoms with van der Waals surface area (Å²) in [5.41, 5.74) is 0.792. The normalized spacial score (nSPS) is 23.3. The third-order valence-electron chi connectivity index (χ3n) is 3.88. The van der Waals surface area contributed by atoms with Crippen molar-refractivity contribution in [3.63, 3.8) is 0 Å². The summed E-state index contributed by atoms with van der Waals surface area (Å²) < 4.78 is 11.0. The van der Waals surface area contributed by atoms with Gasteiger partial charge >= 0.3 is 0 Å². The SMILES string of the molecule is COc1ccc(O)c(C(C)NC2CCOC(C)(C)C2)c1. The fourth-order valence-corrected chi connectivity index (χ4v) is 2.82. The van der Waals surface area contributed by atoms with Crippen molar-refractivity contribution in [1.82, 2.24) is 5.32 Å². The van der Waals surface area contributed by atoms with Gasteiger partial charge in [-0.3, -0.25) is 0 Å².